The van der Waals surface area contributed by atoms with Crippen LogP contribution in [0.15, 0.2) is 24.5 Å². The van der Waals surface area contributed by atoms with Crippen LogP contribution in [0.3, 0.4) is 0 Å². The van der Waals surface area contributed by atoms with Crippen LogP contribution in [0, 0.1) is 16.7 Å². The zero-order valence-corrected chi connectivity index (χ0v) is 12.1. The van der Waals surface area contributed by atoms with Crippen molar-refractivity contribution in [3.8, 4) is 0 Å². The second-order valence-electron chi connectivity index (χ2n) is 6.00. The van der Waals surface area contributed by atoms with Gasteiger partial charge in [-0.2, -0.15) is 0 Å². The van der Waals surface area contributed by atoms with Gasteiger partial charge in [0.1, 0.15) is 0 Å². The molecule has 1 aromatic rings. The van der Waals surface area contributed by atoms with Gasteiger partial charge in [-0.05, 0) is 40.9 Å². The van der Waals surface area contributed by atoms with Gasteiger partial charge in [0.15, 0.2) is 0 Å². The first-order valence-corrected chi connectivity index (χ1v) is 6.82. The van der Waals surface area contributed by atoms with Gasteiger partial charge < -0.3 is 0 Å². The van der Waals surface area contributed by atoms with Crippen molar-refractivity contribution in [2.45, 2.75) is 38.9 Å². The van der Waals surface area contributed by atoms with Gasteiger partial charge in [0.25, 0.3) is 0 Å². The summed E-state index contributed by atoms with van der Waals surface area (Å²) in [4.78, 5) is 4.62. The van der Waals surface area contributed by atoms with E-state index in [1.807, 2.05) is 12.4 Å². The predicted octanol–water partition coefficient (Wildman–Crippen LogP) is 4.07. The number of hydrogen-bond acceptors (Lipinski definition) is 1. The van der Waals surface area contributed by atoms with Crippen LogP contribution in [-0.2, 0) is 6.42 Å². The molecule has 0 saturated heterocycles. The van der Waals surface area contributed by atoms with Crippen LogP contribution in [0.2, 0.25) is 0 Å². The lowest BCUT2D eigenvalue weighted by molar-refractivity contribution is 0.457. The first-order chi connectivity index (χ1) is 7.37. The molecule has 0 amide bonds. The van der Waals surface area contributed by atoms with Crippen molar-refractivity contribution in [3.63, 3.8) is 0 Å². The average molecular weight is 282 g/mol. The maximum absolute atomic E-state index is 4.06. The molecule has 1 aliphatic carbocycles. The highest BCUT2D eigenvalue weighted by Crippen LogP contribution is 2.70. The molecule has 1 atom stereocenters. The van der Waals surface area contributed by atoms with Crippen molar-refractivity contribution in [2.24, 2.45) is 16.7 Å². The topological polar surface area (TPSA) is 12.9 Å². The minimum Gasteiger partial charge on any atom is -0.265 e. The van der Waals surface area contributed by atoms with Crippen LogP contribution >= 0.6 is 15.9 Å². The number of halogens is 1. The van der Waals surface area contributed by atoms with Gasteiger partial charge in [-0.15, -0.1) is 0 Å². The molecule has 88 valence electrons. The van der Waals surface area contributed by atoms with Gasteiger partial charge in [0, 0.05) is 17.2 Å². The molecular weight excluding hydrogens is 262 g/mol. The predicted molar refractivity (Wildman–Crippen MR) is 71.7 cm³/mol. The molecular formula is C14H20BrN. The molecule has 1 aromatic heterocycles. The lowest BCUT2D eigenvalue weighted by Gasteiger charge is -2.11. The summed E-state index contributed by atoms with van der Waals surface area (Å²) in [7, 11) is 0. The van der Waals surface area contributed by atoms with Crippen molar-refractivity contribution in [1.82, 2.24) is 4.98 Å². The maximum Gasteiger partial charge on any atom is 0.0270 e. The second-order valence-corrected chi connectivity index (χ2v) is 7.17. The minimum atomic E-state index is 0.453. The number of aromatic nitrogens is 1. The van der Waals surface area contributed by atoms with Crippen LogP contribution in [0.1, 0.15) is 33.3 Å². The van der Waals surface area contributed by atoms with Crippen LogP contribution in [0.4, 0.5) is 0 Å². The Kier molecular flexibility index (Phi) is 2.90. The van der Waals surface area contributed by atoms with Gasteiger partial charge in [0.2, 0.25) is 0 Å². The van der Waals surface area contributed by atoms with Crippen LogP contribution in [0.5, 0.6) is 0 Å². The largest absolute Gasteiger partial charge is 0.265 e. The van der Waals surface area contributed by atoms with Gasteiger partial charge in [0.05, 0.1) is 0 Å². The first-order valence-electron chi connectivity index (χ1n) is 5.90. The normalized spacial score (nSPS) is 24.1. The molecule has 0 N–H and O–H groups in total. The third-order valence-electron chi connectivity index (χ3n) is 4.67. The molecule has 1 fully saturated rings. The molecule has 1 aliphatic rings. The average Bonchev–Trinajstić information content (AvgIpc) is 2.58. The van der Waals surface area contributed by atoms with E-state index in [0.717, 1.165) is 12.3 Å². The summed E-state index contributed by atoms with van der Waals surface area (Å²) in [5.74, 6) is 0.758. The lowest BCUT2D eigenvalue weighted by Crippen LogP contribution is -2.10. The van der Waals surface area contributed by atoms with Crippen molar-refractivity contribution in [3.05, 3.63) is 30.1 Å². The molecule has 1 nitrogen and oxygen atoms in total. The molecule has 0 aromatic carbocycles. The zero-order valence-electron chi connectivity index (χ0n) is 10.5. The summed E-state index contributed by atoms with van der Waals surface area (Å²) in [6.45, 7) is 9.49. The van der Waals surface area contributed by atoms with Gasteiger partial charge in [-0.25, -0.2) is 0 Å². The first kappa shape index (κ1) is 12.1. The van der Waals surface area contributed by atoms with Crippen molar-refractivity contribution >= 4 is 15.9 Å². The van der Waals surface area contributed by atoms with Crippen LogP contribution in [0.25, 0.3) is 0 Å². The SMILES string of the molecule is CC1(C)C(C(Br)Cc2ccncc2)C1(C)C. The van der Waals surface area contributed by atoms with Crippen LogP contribution in [-0.4, -0.2) is 9.81 Å². The molecule has 0 radical (unpaired) electrons. The van der Waals surface area contributed by atoms with E-state index in [-0.39, 0.29) is 0 Å². The highest BCUT2D eigenvalue weighted by atomic mass is 79.9. The highest BCUT2D eigenvalue weighted by Gasteiger charge is 2.66. The summed E-state index contributed by atoms with van der Waals surface area (Å²) >= 11 is 3.87. The fourth-order valence-electron chi connectivity index (χ4n) is 3.01. The Bertz CT molecular complexity index is 356. The molecule has 0 bridgehead atoms. The Labute approximate surface area is 107 Å². The van der Waals surface area contributed by atoms with E-state index in [4.69, 9.17) is 0 Å². The highest BCUT2D eigenvalue weighted by molar-refractivity contribution is 9.09. The summed E-state index contributed by atoms with van der Waals surface area (Å²) < 4.78 is 0. The molecule has 0 aliphatic heterocycles. The molecule has 1 unspecified atom stereocenters. The third kappa shape index (κ3) is 1.81. The van der Waals surface area contributed by atoms with Gasteiger partial charge in [-0.1, -0.05) is 43.6 Å². The summed E-state index contributed by atoms with van der Waals surface area (Å²) in [5.41, 5.74) is 2.28. The molecule has 2 heteroatoms. The number of rotatable bonds is 3. The minimum absolute atomic E-state index is 0.453. The number of hydrogen-bond donors (Lipinski definition) is 0. The molecule has 1 saturated carbocycles. The summed E-state index contributed by atoms with van der Waals surface area (Å²) in [5, 5.41) is 0. The van der Waals surface area contributed by atoms with E-state index >= 15 is 0 Å². The number of nitrogens with zero attached hydrogens (tertiary/aromatic N) is 1. The smallest absolute Gasteiger partial charge is 0.0270 e. The monoisotopic (exact) mass is 281 g/mol. The van der Waals surface area contributed by atoms with E-state index in [2.05, 4.69) is 60.7 Å². The molecule has 2 rings (SSSR count). The fraction of sp³-hybridized carbons (Fsp3) is 0.643. The quantitative estimate of drug-likeness (QED) is 0.761. The van der Waals surface area contributed by atoms with Gasteiger partial charge in [-0.3, -0.25) is 4.98 Å². The lowest BCUT2D eigenvalue weighted by atomic mass is 10.0. The van der Waals surface area contributed by atoms with E-state index in [1.54, 1.807) is 0 Å². The summed E-state index contributed by atoms with van der Waals surface area (Å²) in [6, 6.07) is 4.22. The van der Waals surface area contributed by atoms with Crippen molar-refractivity contribution in [2.75, 3.05) is 0 Å². The van der Waals surface area contributed by atoms with E-state index < -0.39 is 0 Å². The maximum atomic E-state index is 4.06. The molecule has 1 heterocycles. The molecule has 0 spiro atoms. The Hall–Kier alpha value is -0.370. The Balaban J connectivity index is 2.04. The fourth-order valence-corrected chi connectivity index (χ4v) is 4.71. The second kappa shape index (κ2) is 3.83. The molecule has 16 heavy (non-hydrogen) atoms. The van der Waals surface area contributed by atoms with Crippen molar-refractivity contribution in [1.29, 1.82) is 0 Å². The summed E-state index contributed by atoms with van der Waals surface area (Å²) in [6.07, 6.45) is 4.84. The van der Waals surface area contributed by atoms with E-state index in [0.29, 0.717) is 15.7 Å². The third-order valence-corrected chi connectivity index (χ3v) is 5.53. The Morgan fingerprint density at radius 1 is 1.19 bits per heavy atom. The standard InChI is InChI=1S/C14H20BrN/c1-13(2)12(14(13,3)4)11(15)9-10-5-7-16-8-6-10/h5-8,11-12H,9H2,1-4H3. The van der Waals surface area contributed by atoms with E-state index in [1.165, 1.54) is 5.56 Å². The van der Waals surface area contributed by atoms with Gasteiger partial charge >= 0.3 is 0 Å². The Morgan fingerprint density at radius 3 is 2.12 bits per heavy atom. The van der Waals surface area contributed by atoms with Crippen molar-refractivity contribution < 1.29 is 0 Å². The number of alkyl halides is 1. The van der Waals surface area contributed by atoms with Crippen LogP contribution < -0.4 is 0 Å². The zero-order chi connectivity index (χ0) is 12.0. The number of pyridine rings is 1. The van der Waals surface area contributed by atoms with E-state index in [9.17, 15) is 0 Å². The Morgan fingerprint density at radius 2 is 1.69 bits per heavy atom.